The van der Waals surface area contributed by atoms with Crippen LogP contribution in [0.1, 0.15) is 12.5 Å². The van der Waals surface area contributed by atoms with Crippen molar-refractivity contribution >= 4 is 12.1 Å². The molecule has 0 heterocycles. The molecule has 0 radical (unpaired) electrons. The van der Waals surface area contributed by atoms with E-state index in [0.29, 0.717) is 17.7 Å². The average molecular weight is 741 g/mol. The van der Waals surface area contributed by atoms with E-state index in [1.165, 1.54) is 19.1 Å². The molecule has 1 atom stereocenters. The number of nitrogens with zero attached hydrogens (tertiary/aromatic N) is 1. The lowest BCUT2D eigenvalue weighted by Crippen LogP contribution is -2.71. The molecule has 2 rings (SSSR count). The minimum Gasteiger partial charge on any atom is -0.492 e. The van der Waals surface area contributed by atoms with Crippen molar-refractivity contribution in [2.75, 3.05) is 26.3 Å². The fourth-order valence-corrected chi connectivity index (χ4v) is 3.72. The molecule has 1 amide bonds. The molecule has 0 saturated heterocycles. The van der Waals surface area contributed by atoms with E-state index in [9.17, 15) is 75.4 Å². The molecule has 0 bridgehead atoms. The van der Waals surface area contributed by atoms with Crippen LogP contribution in [0.3, 0.4) is 0 Å². The van der Waals surface area contributed by atoms with Crippen molar-refractivity contribution in [3.8, 4) is 11.5 Å². The smallest absolute Gasteiger partial charge is 0.460 e. The summed E-state index contributed by atoms with van der Waals surface area (Å²) in [5.74, 6) is -44.6. The first kappa shape index (κ1) is 41.1. The molecule has 0 aliphatic carbocycles. The first-order valence-corrected chi connectivity index (χ1v) is 13.2. The van der Waals surface area contributed by atoms with Crippen molar-refractivity contribution in [2.24, 2.45) is 0 Å². The molecule has 1 N–H and O–H groups in total. The molecule has 0 aliphatic heterocycles. The second kappa shape index (κ2) is 14.8. The molecule has 0 saturated carbocycles. The van der Waals surface area contributed by atoms with Crippen LogP contribution < -0.4 is 9.47 Å². The fraction of sp³-hybridized carbons (Fsp3) is 0.481. The molecule has 7 nitrogen and oxygen atoms in total. The number of carboxylic acids is 1. The fourth-order valence-electron chi connectivity index (χ4n) is 3.72. The van der Waals surface area contributed by atoms with Gasteiger partial charge in [-0.3, -0.25) is 4.90 Å². The summed E-state index contributed by atoms with van der Waals surface area (Å²) in [5, 5.41) is 9.15. The molecule has 276 valence electrons. The van der Waals surface area contributed by atoms with Gasteiger partial charge < -0.3 is 19.3 Å². The molecule has 0 fully saturated rings. The lowest BCUT2D eigenvalue weighted by Gasteiger charge is -2.40. The van der Waals surface area contributed by atoms with Crippen LogP contribution in [-0.4, -0.2) is 90.3 Å². The van der Waals surface area contributed by atoms with E-state index < -0.39 is 95.9 Å². The van der Waals surface area contributed by atoms with Crippen LogP contribution in [0, 0.1) is 11.6 Å². The molecule has 0 aliphatic rings. The zero-order valence-electron chi connectivity index (χ0n) is 24.3. The first-order chi connectivity index (χ1) is 22.2. The molecule has 49 heavy (non-hydrogen) atoms. The van der Waals surface area contributed by atoms with Crippen LogP contribution in [-0.2, 0) is 16.0 Å². The van der Waals surface area contributed by atoms with Crippen molar-refractivity contribution in [1.29, 1.82) is 0 Å². The van der Waals surface area contributed by atoms with Crippen molar-refractivity contribution in [1.82, 2.24) is 4.90 Å². The van der Waals surface area contributed by atoms with Gasteiger partial charge in [-0.05, 0) is 36.8 Å². The molecule has 1 unspecified atom stereocenters. The monoisotopic (exact) mass is 741 g/mol. The Bertz CT molecular complexity index is 1450. The topological polar surface area (TPSA) is 85.3 Å². The third-order valence-electron chi connectivity index (χ3n) is 6.35. The maximum Gasteiger partial charge on any atom is 0.460 e. The predicted molar refractivity (Wildman–Crippen MR) is 133 cm³/mol. The van der Waals surface area contributed by atoms with E-state index in [1.54, 1.807) is 0 Å². The number of aliphatic carboxylic acids is 1. The van der Waals surface area contributed by atoms with Crippen LogP contribution in [0.25, 0.3) is 0 Å². The van der Waals surface area contributed by atoms with Crippen LogP contribution in [0.15, 0.2) is 42.5 Å². The van der Waals surface area contributed by atoms with Crippen molar-refractivity contribution < 1.29 is 94.8 Å². The van der Waals surface area contributed by atoms with E-state index in [1.807, 2.05) is 0 Å². The van der Waals surface area contributed by atoms with E-state index >= 15 is 0 Å². The van der Waals surface area contributed by atoms with Crippen molar-refractivity contribution in [2.45, 2.75) is 55.2 Å². The minimum absolute atomic E-state index is 0.0377. The van der Waals surface area contributed by atoms with Gasteiger partial charge in [-0.25, -0.2) is 18.4 Å². The van der Waals surface area contributed by atoms with Crippen LogP contribution in [0.4, 0.5) is 70.7 Å². The number of carbonyl (C=O) groups excluding carboxylic acids is 1. The SMILES string of the molecule is CCOC(Cc1ccc(OCCN(CC(F)(F)C(F)(F)C(F)(F)C(F)(F)C(F)(F)C(F)(F)F)C(=O)Oc2ccc(F)cc2F)cc1)C(=O)O. The van der Waals surface area contributed by atoms with Gasteiger partial charge in [-0.1, -0.05) is 12.1 Å². The second-order valence-electron chi connectivity index (χ2n) is 9.84. The molecular weight excluding hydrogens is 719 g/mol. The summed E-state index contributed by atoms with van der Waals surface area (Å²) in [6, 6.07) is 5.65. The quantitative estimate of drug-likeness (QED) is 0.179. The van der Waals surface area contributed by atoms with Gasteiger partial charge in [0.05, 0.1) is 13.1 Å². The summed E-state index contributed by atoms with van der Waals surface area (Å²) in [4.78, 5) is 23.1. The van der Waals surface area contributed by atoms with Gasteiger partial charge >= 0.3 is 47.9 Å². The summed E-state index contributed by atoms with van der Waals surface area (Å²) in [7, 11) is 0. The van der Waals surface area contributed by atoms with Crippen molar-refractivity contribution in [3.63, 3.8) is 0 Å². The summed E-state index contributed by atoms with van der Waals surface area (Å²) in [6.07, 6.45) is -11.4. The number of halogens is 15. The largest absolute Gasteiger partial charge is 0.492 e. The van der Waals surface area contributed by atoms with E-state index in [2.05, 4.69) is 4.74 Å². The normalized spacial score (nSPS) is 14.0. The Hall–Kier alpha value is -4.11. The van der Waals surface area contributed by atoms with Gasteiger partial charge in [0.2, 0.25) is 0 Å². The summed E-state index contributed by atoms with van der Waals surface area (Å²) < 4.78 is 218. The van der Waals surface area contributed by atoms with Crippen LogP contribution in [0.5, 0.6) is 11.5 Å². The van der Waals surface area contributed by atoms with Gasteiger partial charge in [0.1, 0.15) is 18.2 Å². The standard InChI is InChI=1S/C27H22F15NO6/c1-2-47-19(20(44)45)11-14-3-6-16(7-4-14)48-10-9-43(21(46)49-18-8-5-15(28)12-17(18)29)13-22(30,31)23(32,33)24(34,35)25(36,37)26(38,39)27(40,41)42/h3-8,12,19H,2,9-11,13H2,1H3,(H,44,45). The molecule has 2 aromatic rings. The number of carbonyl (C=O) groups is 2. The van der Waals surface area contributed by atoms with Crippen molar-refractivity contribution in [3.05, 3.63) is 59.7 Å². The Morgan fingerprint density at radius 2 is 1.35 bits per heavy atom. The molecule has 22 heteroatoms. The minimum atomic E-state index is -8.18. The highest BCUT2D eigenvalue weighted by Gasteiger charge is 2.90. The lowest BCUT2D eigenvalue weighted by atomic mass is 9.93. The van der Waals surface area contributed by atoms with Gasteiger partial charge in [0, 0.05) is 19.1 Å². The number of amides is 1. The van der Waals surface area contributed by atoms with E-state index in [4.69, 9.17) is 14.6 Å². The lowest BCUT2D eigenvalue weighted by molar-refractivity contribution is -0.440. The first-order valence-electron chi connectivity index (χ1n) is 13.2. The Morgan fingerprint density at radius 3 is 1.84 bits per heavy atom. The van der Waals surface area contributed by atoms with E-state index in [0.717, 1.165) is 12.1 Å². The highest BCUT2D eigenvalue weighted by molar-refractivity contribution is 5.72. The summed E-state index contributed by atoms with van der Waals surface area (Å²) >= 11 is 0. The van der Waals surface area contributed by atoms with Gasteiger partial charge in [-0.2, -0.15) is 57.1 Å². The zero-order chi connectivity index (χ0) is 37.8. The molecule has 0 aromatic heterocycles. The third-order valence-corrected chi connectivity index (χ3v) is 6.35. The highest BCUT2D eigenvalue weighted by atomic mass is 19.4. The van der Waals surface area contributed by atoms with Crippen LogP contribution in [0.2, 0.25) is 0 Å². The number of hydrogen-bond acceptors (Lipinski definition) is 5. The van der Waals surface area contributed by atoms with E-state index in [-0.39, 0.29) is 24.8 Å². The highest BCUT2D eigenvalue weighted by Crippen LogP contribution is 2.60. The number of rotatable bonds is 16. The number of carboxylic acid groups (broad SMARTS) is 1. The van der Waals surface area contributed by atoms with Gasteiger partial charge in [0.15, 0.2) is 17.7 Å². The average Bonchev–Trinajstić information content (AvgIpc) is 2.97. The maximum atomic E-state index is 14.6. The summed E-state index contributed by atoms with van der Waals surface area (Å²) in [5.41, 5.74) is 0.343. The third kappa shape index (κ3) is 8.74. The number of benzene rings is 2. The number of hydrogen-bond donors (Lipinski definition) is 1. The van der Waals surface area contributed by atoms with Gasteiger partial charge in [-0.15, -0.1) is 0 Å². The molecule has 2 aromatic carbocycles. The van der Waals surface area contributed by atoms with Crippen LogP contribution >= 0.6 is 0 Å². The Labute approximate surface area is 265 Å². The maximum absolute atomic E-state index is 14.6. The number of ether oxygens (including phenoxy) is 3. The summed E-state index contributed by atoms with van der Waals surface area (Å²) in [6.45, 7) is -4.11. The van der Waals surface area contributed by atoms with Gasteiger partial charge in [0.25, 0.3) is 0 Å². The Balaban J connectivity index is 2.37. The second-order valence-corrected chi connectivity index (χ2v) is 9.84. The Morgan fingerprint density at radius 1 is 0.796 bits per heavy atom. The zero-order valence-corrected chi connectivity index (χ0v) is 24.3. The predicted octanol–water partition coefficient (Wildman–Crippen LogP) is 7.62. The Kier molecular flexibility index (Phi) is 12.4. The molecule has 0 spiro atoms. The molecular formula is C27H22F15NO6. The number of alkyl halides is 13.